The number of rotatable bonds is 2. The maximum Gasteiger partial charge on any atom is 0.188 e. The summed E-state index contributed by atoms with van der Waals surface area (Å²) in [7, 11) is 1.55. The monoisotopic (exact) mass is 115 g/mol. The number of guanidine groups is 1. The second-order valence-corrected chi connectivity index (χ2v) is 1.16. The van der Waals surface area contributed by atoms with Gasteiger partial charge in [-0.15, -0.1) is 0 Å². The summed E-state index contributed by atoms with van der Waals surface area (Å²) in [6.45, 7) is 0.225. The Morgan fingerprint density at radius 2 is 2.62 bits per heavy atom. The molecule has 0 radical (unpaired) electrons. The third kappa shape index (κ3) is 3.14. The van der Waals surface area contributed by atoms with Crippen molar-refractivity contribution < 1.29 is 4.79 Å². The van der Waals surface area contributed by atoms with Gasteiger partial charge in [-0.2, -0.15) is 0 Å². The van der Waals surface area contributed by atoms with E-state index in [2.05, 4.69) is 10.3 Å². The van der Waals surface area contributed by atoms with Crippen LogP contribution in [0.25, 0.3) is 0 Å². The maximum atomic E-state index is 9.65. The quantitative estimate of drug-likeness (QED) is 0.267. The first-order chi connectivity index (χ1) is 3.81. The van der Waals surface area contributed by atoms with E-state index in [1.165, 1.54) is 0 Å². The minimum absolute atomic E-state index is 0.225. The van der Waals surface area contributed by atoms with Gasteiger partial charge in [-0.25, -0.2) is 0 Å². The van der Waals surface area contributed by atoms with Crippen molar-refractivity contribution in [1.82, 2.24) is 5.32 Å². The van der Waals surface area contributed by atoms with Crippen LogP contribution in [0.5, 0.6) is 0 Å². The molecule has 0 amide bonds. The number of nitrogens with zero attached hydrogens (tertiary/aromatic N) is 1. The van der Waals surface area contributed by atoms with E-state index in [9.17, 15) is 4.79 Å². The number of aliphatic imine (C=N–C) groups is 1. The Kier molecular flexibility index (Phi) is 3.56. The van der Waals surface area contributed by atoms with E-state index in [1.54, 1.807) is 7.05 Å². The van der Waals surface area contributed by atoms with Crippen molar-refractivity contribution in [3.05, 3.63) is 0 Å². The molecule has 8 heavy (non-hydrogen) atoms. The zero-order valence-corrected chi connectivity index (χ0v) is 4.72. The molecular weight excluding hydrogens is 106 g/mol. The summed E-state index contributed by atoms with van der Waals surface area (Å²) in [5.41, 5.74) is 5.14. The highest BCUT2D eigenvalue weighted by Crippen LogP contribution is 1.53. The third-order valence-corrected chi connectivity index (χ3v) is 0.607. The summed E-state index contributed by atoms with van der Waals surface area (Å²) in [5.74, 6) is 0.289. The summed E-state index contributed by atoms with van der Waals surface area (Å²) in [6.07, 6.45) is 0.720. The smallest absolute Gasteiger partial charge is 0.188 e. The molecule has 0 atom stereocenters. The van der Waals surface area contributed by atoms with Crippen LogP contribution in [0.4, 0.5) is 0 Å². The lowest BCUT2D eigenvalue weighted by Gasteiger charge is -1.95. The molecule has 0 unspecified atom stereocenters. The molecule has 0 saturated carbocycles. The first kappa shape index (κ1) is 6.94. The predicted molar refractivity (Wildman–Crippen MR) is 31.6 cm³/mol. The van der Waals surface area contributed by atoms with E-state index < -0.39 is 0 Å². The molecule has 0 aliphatic heterocycles. The molecule has 46 valence electrons. The van der Waals surface area contributed by atoms with Gasteiger partial charge in [-0.05, 0) is 0 Å². The second-order valence-electron chi connectivity index (χ2n) is 1.16. The Hall–Kier alpha value is -1.06. The Balaban J connectivity index is 3.24. The van der Waals surface area contributed by atoms with Gasteiger partial charge in [-0.1, -0.05) is 0 Å². The van der Waals surface area contributed by atoms with E-state index in [0.29, 0.717) is 0 Å². The van der Waals surface area contributed by atoms with Crippen LogP contribution >= 0.6 is 0 Å². The molecule has 0 heterocycles. The number of hydrogen-bond acceptors (Lipinski definition) is 2. The Morgan fingerprint density at radius 1 is 2.00 bits per heavy atom. The molecule has 0 aromatic rings. The first-order valence-corrected chi connectivity index (χ1v) is 2.21. The molecule has 0 rings (SSSR count). The zero-order chi connectivity index (χ0) is 6.41. The fraction of sp³-hybridized carbons (Fsp3) is 0.500. The van der Waals surface area contributed by atoms with Crippen LogP contribution < -0.4 is 11.1 Å². The number of carbonyl (C=O) groups excluding carboxylic acids is 1. The average Bonchev–Trinajstić information content (AvgIpc) is 1.83. The molecule has 0 aromatic carbocycles. The molecule has 0 fully saturated rings. The van der Waals surface area contributed by atoms with Gasteiger partial charge < -0.3 is 15.8 Å². The lowest BCUT2D eigenvalue weighted by atomic mass is 10.7. The van der Waals surface area contributed by atoms with Crippen molar-refractivity contribution in [2.75, 3.05) is 13.6 Å². The maximum absolute atomic E-state index is 9.65. The molecule has 4 heteroatoms. The fourth-order valence-electron chi connectivity index (χ4n) is 0.225. The number of hydrogen-bond donors (Lipinski definition) is 2. The topological polar surface area (TPSA) is 67.5 Å². The number of aldehydes is 1. The molecule has 0 aromatic heterocycles. The standard InChI is InChI=1S/C4H9N3O/c1-6-4(5)7-2-3-8/h3H,2H2,1H3,(H3,5,6,7). The normalized spacial score (nSPS) is 10.9. The van der Waals surface area contributed by atoms with Crippen molar-refractivity contribution >= 4 is 12.2 Å². The minimum atomic E-state index is 0.225. The molecule has 3 N–H and O–H groups in total. The Morgan fingerprint density at radius 3 is 3.00 bits per heavy atom. The number of nitrogens with one attached hydrogen (secondary N) is 1. The highest BCUT2D eigenvalue weighted by molar-refractivity contribution is 5.79. The van der Waals surface area contributed by atoms with Crippen molar-refractivity contribution in [2.24, 2.45) is 10.7 Å². The average molecular weight is 115 g/mol. The summed E-state index contributed by atoms with van der Waals surface area (Å²) >= 11 is 0. The van der Waals surface area contributed by atoms with Gasteiger partial charge in [0.25, 0.3) is 0 Å². The SMILES string of the molecule is CN=C(N)NCC=O. The Labute approximate surface area is 47.8 Å². The van der Waals surface area contributed by atoms with Gasteiger partial charge in [0.2, 0.25) is 0 Å². The summed E-state index contributed by atoms with van der Waals surface area (Å²) in [5, 5.41) is 2.54. The summed E-state index contributed by atoms with van der Waals surface area (Å²) < 4.78 is 0. The van der Waals surface area contributed by atoms with Crippen molar-refractivity contribution in [2.45, 2.75) is 0 Å². The minimum Gasteiger partial charge on any atom is -0.370 e. The van der Waals surface area contributed by atoms with Crippen LogP contribution in [-0.2, 0) is 4.79 Å². The van der Waals surface area contributed by atoms with Crippen molar-refractivity contribution in [1.29, 1.82) is 0 Å². The molecule has 0 bridgehead atoms. The molecule has 0 saturated heterocycles. The van der Waals surface area contributed by atoms with E-state index in [4.69, 9.17) is 5.73 Å². The van der Waals surface area contributed by atoms with Crippen molar-refractivity contribution in [3.8, 4) is 0 Å². The van der Waals surface area contributed by atoms with Gasteiger partial charge in [0.1, 0.15) is 6.29 Å². The first-order valence-electron chi connectivity index (χ1n) is 2.21. The summed E-state index contributed by atoms with van der Waals surface area (Å²) in [4.78, 5) is 13.2. The highest BCUT2D eigenvalue weighted by atomic mass is 16.1. The van der Waals surface area contributed by atoms with Crippen LogP contribution in [0.3, 0.4) is 0 Å². The molecule has 0 aliphatic carbocycles. The highest BCUT2D eigenvalue weighted by Gasteiger charge is 1.81. The molecular formula is C4H9N3O. The Bertz CT molecular complexity index is 99.5. The van der Waals surface area contributed by atoms with Gasteiger partial charge in [0.15, 0.2) is 5.96 Å². The zero-order valence-electron chi connectivity index (χ0n) is 4.72. The molecule has 4 nitrogen and oxygen atoms in total. The van der Waals surface area contributed by atoms with Gasteiger partial charge >= 0.3 is 0 Å². The van der Waals surface area contributed by atoms with Gasteiger partial charge in [-0.3, -0.25) is 4.99 Å². The van der Waals surface area contributed by atoms with Crippen LogP contribution in [0.15, 0.2) is 4.99 Å². The lowest BCUT2D eigenvalue weighted by Crippen LogP contribution is -2.32. The van der Waals surface area contributed by atoms with Crippen molar-refractivity contribution in [3.63, 3.8) is 0 Å². The summed E-state index contributed by atoms with van der Waals surface area (Å²) in [6, 6.07) is 0. The second kappa shape index (κ2) is 4.11. The molecule has 0 spiro atoms. The fourth-order valence-corrected chi connectivity index (χ4v) is 0.225. The largest absolute Gasteiger partial charge is 0.370 e. The number of nitrogens with two attached hydrogens (primary N) is 1. The van der Waals surface area contributed by atoms with Crippen LogP contribution in [0.2, 0.25) is 0 Å². The van der Waals surface area contributed by atoms with E-state index in [0.717, 1.165) is 6.29 Å². The molecule has 0 aliphatic rings. The van der Waals surface area contributed by atoms with Gasteiger partial charge in [0, 0.05) is 7.05 Å². The third-order valence-electron chi connectivity index (χ3n) is 0.607. The van der Waals surface area contributed by atoms with E-state index in [1.807, 2.05) is 0 Å². The lowest BCUT2D eigenvalue weighted by molar-refractivity contribution is -0.106. The van der Waals surface area contributed by atoms with Crippen LogP contribution in [0.1, 0.15) is 0 Å². The predicted octanol–water partition coefficient (Wildman–Crippen LogP) is -1.28. The van der Waals surface area contributed by atoms with Crippen LogP contribution in [0, 0.1) is 0 Å². The van der Waals surface area contributed by atoms with Gasteiger partial charge in [0.05, 0.1) is 6.54 Å². The number of carbonyl (C=O) groups is 1. The van der Waals surface area contributed by atoms with Crippen LogP contribution in [-0.4, -0.2) is 25.8 Å². The van der Waals surface area contributed by atoms with E-state index >= 15 is 0 Å². The van der Waals surface area contributed by atoms with E-state index in [-0.39, 0.29) is 12.5 Å².